The van der Waals surface area contributed by atoms with Crippen molar-refractivity contribution in [3.63, 3.8) is 0 Å². The van der Waals surface area contributed by atoms with Crippen LogP contribution in [-0.4, -0.2) is 38.7 Å². The summed E-state index contributed by atoms with van der Waals surface area (Å²) in [7, 11) is -1.33. The summed E-state index contributed by atoms with van der Waals surface area (Å²) in [6, 6.07) is 21.1. The molecule has 2 aromatic rings. The predicted molar refractivity (Wildman–Crippen MR) is 143 cm³/mol. The average molecular weight is 483 g/mol. The van der Waals surface area contributed by atoms with Gasteiger partial charge in [-0.2, -0.15) is 0 Å². The summed E-state index contributed by atoms with van der Waals surface area (Å²) in [6.07, 6.45) is 8.76. The fraction of sp³-hybridized carbons (Fsp3) is 0.483. The zero-order valence-corrected chi connectivity index (χ0v) is 22.5. The van der Waals surface area contributed by atoms with E-state index >= 15 is 0 Å². The summed E-state index contributed by atoms with van der Waals surface area (Å²) in [5, 5.41) is 11.8. The van der Waals surface area contributed by atoms with Crippen LogP contribution in [0.1, 0.15) is 66.2 Å². The van der Waals surface area contributed by atoms with E-state index in [0.717, 1.165) is 38.5 Å². The molecule has 0 bridgehead atoms. The number of ether oxygens (including phenoxy) is 1. The monoisotopic (exact) mass is 482 g/mol. The minimum atomic E-state index is -2.72. The Kier molecular flexibility index (Phi) is 11.2. The number of hydrogen-bond donors (Lipinski definition) is 1. The zero-order chi connectivity index (χ0) is 25.0. The maximum Gasteiger partial charge on any atom is 0.330 e. The van der Waals surface area contributed by atoms with Gasteiger partial charge in [0.1, 0.15) is 0 Å². The zero-order valence-electron chi connectivity index (χ0n) is 21.5. The molecule has 2 atom stereocenters. The highest BCUT2D eigenvalue weighted by atomic mass is 28.4. The topological polar surface area (TPSA) is 55.8 Å². The molecule has 0 spiro atoms. The molecular formula is C29H42O4Si. The molecule has 0 heterocycles. The molecule has 0 fully saturated rings. The van der Waals surface area contributed by atoms with Crippen molar-refractivity contribution >= 4 is 24.7 Å². The van der Waals surface area contributed by atoms with Crippen LogP contribution >= 0.6 is 0 Å². The van der Waals surface area contributed by atoms with Crippen molar-refractivity contribution in [2.24, 2.45) is 0 Å². The Morgan fingerprint density at radius 2 is 1.41 bits per heavy atom. The van der Waals surface area contributed by atoms with Crippen LogP contribution in [0.5, 0.6) is 0 Å². The van der Waals surface area contributed by atoms with Gasteiger partial charge >= 0.3 is 5.97 Å². The Labute approximate surface area is 207 Å². The summed E-state index contributed by atoms with van der Waals surface area (Å²) in [4.78, 5) is 11.9. The first-order valence-corrected chi connectivity index (χ1v) is 14.3. The Morgan fingerprint density at radius 3 is 1.85 bits per heavy atom. The smallest absolute Gasteiger partial charge is 0.330 e. The Balaban J connectivity index is 2.39. The highest BCUT2D eigenvalue weighted by Crippen LogP contribution is 2.38. The van der Waals surface area contributed by atoms with Gasteiger partial charge in [-0.3, -0.25) is 0 Å². The third kappa shape index (κ3) is 7.93. The van der Waals surface area contributed by atoms with Gasteiger partial charge in [-0.1, -0.05) is 107 Å². The summed E-state index contributed by atoms with van der Waals surface area (Å²) in [5.74, 6) is -0.368. The second-order valence-electron chi connectivity index (χ2n) is 10.0. The number of hydrogen-bond acceptors (Lipinski definition) is 4. The fourth-order valence-corrected chi connectivity index (χ4v) is 9.17. The summed E-state index contributed by atoms with van der Waals surface area (Å²) < 4.78 is 12.1. The highest BCUT2D eigenvalue weighted by Gasteiger charge is 2.51. The summed E-state index contributed by atoms with van der Waals surface area (Å²) in [5.41, 5.74) is 0. The molecule has 1 N–H and O–H groups in total. The lowest BCUT2D eigenvalue weighted by Gasteiger charge is -2.44. The van der Waals surface area contributed by atoms with E-state index in [9.17, 15) is 9.90 Å². The van der Waals surface area contributed by atoms with Gasteiger partial charge in [-0.15, -0.1) is 0 Å². The van der Waals surface area contributed by atoms with Crippen LogP contribution < -0.4 is 10.4 Å². The maximum atomic E-state index is 11.9. The third-order valence-electron chi connectivity index (χ3n) is 6.25. The van der Waals surface area contributed by atoms with E-state index in [-0.39, 0.29) is 23.2 Å². The van der Waals surface area contributed by atoms with Gasteiger partial charge in [0.2, 0.25) is 0 Å². The molecule has 5 heteroatoms. The molecular weight excluding hydrogens is 440 g/mol. The normalized spacial score (nSPS) is 14.2. The van der Waals surface area contributed by atoms with Gasteiger partial charge < -0.3 is 14.3 Å². The van der Waals surface area contributed by atoms with E-state index in [1.165, 1.54) is 23.6 Å². The lowest BCUT2D eigenvalue weighted by molar-refractivity contribution is -0.134. The molecule has 0 radical (unpaired) electrons. The molecule has 2 aromatic carbocycles. The van der Waals surface area contributed by atoms with E-state index in [2.05, 4.69) is 69.3 Å². The van der Waals surface area contributed by atoms with Gasteiger partial charge in [0.05, 0.1) is 19.3 Å². The number of aliphatic hydroxyl groups is 1. The minimum absolute atomic E-state index is 0.135. The van der Waals surface area contributed by atoms with Crippen molar-refractivity contribution in [2.45, 2.75) is 83.5 Å². The molecule has 34 heavy (non-hydrogen) atoms. The molecule has 0 aliphatic heterocycles. The first-order valence-electron chi connectivity index (χ1n) is 12.4. The number of aliphatic hydroxyl groups excluding tert-OH is 1. The van der Waals surface area contributed by atoms with Gasteiger partial charge in [-0.25, -0.2) is 4.79 Å². The van der Waals surface area contributed by atoms with Crippen LogP contribution in [-0.2, 0) is 14.0 Å². The van der Waals surface area contributed by atoms with Crippen molar-refractivity contribution in [1.82, 2.24) is 0 Å². The quantitative estimate of drug-likeness (QED) is 0.180. The Morgan fingerprint density at radius 1 is 0.912 bits per heavy atom. The van der Waals surface area contributed by atoms with E-state index in [1.807, 2.05) is 25.1 Å². The maximum absolute atomic E-state index is 11.9. The molecule has 2 rings (SSSR count). The number of unbranched alkanes of at least 4 members (excludes halogenated alkanes) is 3. The van der Waals surface area contributed by atoms with E-state index in [1.54, 1.807) is 0 Å². The lowest BCUT2D eigenvalue weighted by Crippen LogP contribution is -2.67. The van der Waals surface area contributed by atoms with Crippen molar-refractivity contribution in [1.29, 1.82) is 0 Å². The molecule has 186 valence electrons. The van der Waals surface area contributed by atoms with Crippen LogP contribution in [0.15, 0.2) is 72.8 Å². The third-order valence-corrected chi connectivity index (χ3v) is 11.3. The predicted octanol–water partition coefficient (Wildman–Crippen LogP) is 5.38. The molecule has 0 saturated carbocycles. The summed E-state index contributed by atoms with van der Waals surface area (Å²) >= 11 is 0. The van der Waals surface area contributed by atoms with Crippen LogP contribution in [0, 0.1) is 0 Å². The Hall–Kier alpha value is -2.21. The van der Waals surface area contributed by atoms with Gasteiger partial charge in [0.25, 0.3) is 8.32 Å². The average Bonchev–Trinajstić information content (AvgIpc) is 2.82. The van der Waals surface area contributed by atoms with Gasteiger partial charge in [0.15, 0.2) is 0 Å². The first kappa shape index (κ1) is 28.0. The van der Waals surface area contributed by atoms with E-state index in [0.29, 0.717) is 0 Å². The van der Waals surface area contributed by atoms with Gasteiger partial charge in [-0.05, 0) is 41.3 Å². The largest absolute Gasteiger partial charge is 0.466 e. The van der Waals surface area contributed by atoms with Crippen LogP contribution in [0.25, 0.3) is 0 Å². The SMILES string of the molecule is COC(=O)/C=C/[C@H](CCCCCC[C@@H](C)O)O[Si](c1ccccc1)(c1ccccc1)C(C)(C)C. The number of methoxy groups -OCH3 is 1. The molecule has 0 aliphatic rings. The molecule has 0 aliphatic carbocycles. The number of benzene rings is 2. The molecule has 4 nitrogen and oxygen atoms in total. The minimum Gasteiger partial charge on any atom is -0.466 e. The van der Waals surface area contributed by atoms with Crippen LogP contribution in [0.4, 0.5) is 0 Å². The van der Waals surface area contributed by atoms with Crippen molar-refractivity contribution in [3.05, 3.63) is 72.8 Å². The second-order valence-corrected chi connectivity index (χ2v) is 14.3. The van der Waals surface area contributed by atoms with Crippen molar-refractivity contribution in [3.8, 4) is 0 Å². The van der Waals surface area contributed by atoms with Gasteiger partial charge in [0, 0.05) is 6.08 Å². The summed E-state index contributed by atoms with van der Waals surface area (Å²) in [6.45, 7) is 8.62. The molecule has 0 amide bonds. The molecule has 0 saturated heterocycles. The van der Waals surface area contributed by atoms with E-state index in [4.69, 9.17) is 9.16 Å². The molecule has 0 unspecified atom stereocenters. The van der Waals surface area contributed by atoms with Crippen molar-refractivity contribution in [2.75, 3.05) is 7.11 Å². The number of esters is 1. The molecule has 0 aromatic heterocycles. The fourth-order valence-electron chi connectivity index (χ4n) is 4.51. The number of carbonyl (C=O) groups excluding carboxylic acids is 1. The lowest BCUT2D eigenvalue weighted by atomic mass is 10.1. The van der Waals surface area contributed by atoms with E-state index < -0.39 is 8.32 Å². The van der Waals surface area contributed by atoms with Crippen LogP contribution in [0.3, 0.4) is 0 Å². The second kappa shape index (κ2) is 13.6. The van der Waals surface area contributed by atoms with Crippen molar-refractivity contribution < 1.29 is 19.1 Å². The highest BCUT2D eigenvalue weighted by molar-refractivity contribution is 6.99. The number of carbonyl (C=O) groups is 1. The Bertz CT molecular complexity index is 833. The van der Waals surface area contributed by atoms with Crippen LogP contribution in [0.2, 0.25) is 5.04 Å². The number of rotatable bonds is 13. The first-order chi connectivity index (χ1) is 16.2. The standard InChI is InChI=1S/C29H42O4Si/c1-24(30)16-10-6-7-11-17-25(22-23-28(31)32-5)33-34(29(2,3)4,26-18-12-8-13-19-26)27-20-14-9-15-21-27/h8-9,12-15,18-25,30H,6-7,10-11,16-17H2,1-5H3/b23-22+/t24-,25+/m1/s1.